The van der Waals surface area contributed by atoms with Gasteiger partial charge in [-0.05, 0) is 77.4 Å². The number of imide groups is 1. The Balaban J connectivity index is 1.74. The first-order valence-electron chi connectivity index (χ1n) is 9.32. The number of benzene rings is 2. The first-order valence-corrected chi connectivity index (χ1v) is 10.8. The molecule has 1 unspecified atom stereocenters. The van der Waals surface area contributed by atoms with Crippen molar-refractivity contribution in [2.75, 3.05) is 5.32 Å². The molecule has 6 heteroatoms. The van der Waals surface area contributed by atoms with Crippen molar-refractivity contribution >= 4 is 51.7 Å². The maximum absolute atomic E-state index is 13.0. The molecule has 0 bridgehead atoms. The summed E-state index contributed by atoms with van der Waals surface area (Å²) in [6.45, 7) is 0. The van der Waals surface area contributed by atoms with Gasteiger partial charge in [0.25, 0.3) is 0 Å². The Kier molecular flexibility index (Phi) is 5.73. The fourth-order valence-corrected chi connectivity index (χ4v) is 4.64. The van der Waals surface area contributed by atoms with Gasteiger partial charge in [-0.25, -0.2) is 0 Å². The number of piperidine rings is 1. The smallest absolute Gasteiger partial charge is 0.232 e. The molecule has 2 aromatic carbocycles. The molecule has 0 saturated carbocycles. The van der Waals surface area contributed by atoms with Crippen molar-refractivity contribution in [1.29, 1.82) is 0 Å². The number of amides is 2. The first-order chi connectivity index (χ1) is 13.5. The van der Waals surface area contributed by atoms with Gasteiger partial charge in [0.1, 0.15) is 0 Å². The molecule has 0 spiro atoms. The number of carbonyl (C=O) groups is 2. The predicted molar refractivity (Wildman–Crippen MR) is 119 cm³/mol. The van der Waals surface area contributed by atoms with Gasteiger partial charge >= 0.3 is 0 Å². The Morgan fingerprint density at radius 3 is 2.46 bits per heavy atom. The van der Waals surface area contributed by atoms with Gasteiger partial charge in [-0.3, -0.25) is 14.9 Å². The molecular formula is C22H20ClIN2O2. The fraction of sp³-hybridized carbons (Fsp3) is 0.273. The summed E-state index contributed by atoms with van der Waals surface area (Å²) in [6.07, 6.45) is 5.77. The number of anilines is 1. The van der Waals surface area contributed by atoms with E-state index in [1.54, 1.807) is 0 Å². The second-order valence-electron chi connectivity index (χ2n) is 7.25. The van der Waals surface area contributed by atoms with Crippen LogP contribution in [0.3, 0.4) is 0 Å². The zero-order valence-corrected chi connectivity index (χ0v) is 18.0. The monoisotopic (exact) mass is 506 g/mol. The SMILES string of the molecule is O=C1NC(=O)[C@@H]([C@H](Nc2ccc(I)cc2)c2ccc(Cl)cc2)[C@H]2C=CCCC12. The maximum Gasteiger partial charge on any atom is 0.232 e. The Morgan fingerprint density at radius 1 is 1.04 bits per heavy atom. The predicted octanol–water partition coefficient (Wildman–Crippen LogP) is 4.95. The van der Waals surface area contributed by atoms with E-state index in [-0.39, 0.29) is 35.6 Å². The number of hydrogen-bond donors (Lipinski definition) is 2. The molecule has 4 rings (SSSR count). The van der Waals surface area contributed by atoms with Crippen molar-refractivity contribution < 1.29 is 9.59 Å². The van der Waals surface area contributed by atoms with E-state index in [0.29, 0.717) is 5.02 Å². The van der Waals surface area contributed by atoms with Crippen molar-refractivity contribution in [3.05, 3.63) is 74.8 Å². The Hall–Kier alpha value is -1.86. The molecule has 1 aliphatic heterocycles. The number of nitrogens with one attached hydrogen (secondary N) is 2. The molecule has 1 fully saturated rings. The van der Waals surface area contributed by atoms with Crippen LogP contribution in [0.25, 0.3) is 0 Å². The molecule has 1 aliphatic carbocycles. The molecule has 4 atom stereocenters. The number of rotatable bonds is 4. The minimum absolute atomic E-state index is 0.118. The molecule has 28 heavy (non-hydrogen) atoms. The van der Waals surface area contributed by atoms with E-state index in [9.17, 15) is 9.59 Å². The van der Waals surface area contributed by atoms with E-state index < -0.39 is 0 Å². The molecular weight excluding hydrogens is 487 g/mol. The van der Waals surface area contributed by atoms with Crippen molar-refractivity contribution in [1.82, 2.24) is 5.32 Å². The average Bonchev–Trinajstić information content (AvgIpc) is 2.69. The summed E-state index contributed by atoms with van der Waals surface area (Å²) in [4.78, 5) is 25.3. The summed E-state index contributed by atoms with van der Waals surface area (Å²) < 4.78 is 1.14. The molecule has 2 aliphatic rings. The minimum atomic E-state index is -0.389. The highest BCUT2D eigenvalue weighted by Crippen LogP contribution is 2.42. The molecule has 1 saturated heterocycles. The van der Waals surface area contributed by atoms with Crippen LogP contribution >= 0.6 is 34.2 Å². The molecule has 0 aromatic heterocycles. The highest BCUT2D eigenvalue weighted by atomic mass is 127. The number of carbonyl (C=O) groups excluding carboxylic acids is 2. The van der Waals surface area contributed by atoms with Gasteiger partial charge < -0.3 is 5.32 Å². The summed E-state index contributed by atoms with van der Waals surface area (Å²) in [5.74, 6) is -1.05. The Labute approximate surface area is 182 Å². The molecule has 0 radical (unpaired) electrons. The maximum atomic E-state index is 13.0. The van der Waals surface area contributed by atoms with Crippen molar-refractivity contribution in [2.24, 2.45) is 17.8 Å². The van der Waals surface area contributed by atoms with Crippen LogP contribution in [0.15, 0.2) is 60.7 Å². The zero-order valence-electron chi connectivity index (χ0n) is 15.1. The third-order valence-corrected chi connectivity index (χ3v) is 6.49. The quantitative estimate of drug-likeness (QED) is 0.350. The zero-order chi connectivity index (χ0) is 19.7. The van der Waals surface area contributed by atoms with Gasteiger partial charge in [-0.15, -0.1) is 0 Å². The van der Waals surface area contributed by atoms with Crippen molar-refractivity contribution in [2.45, 2.75) is 18.9 Å². The van der Waals surface area contributed by atoms with Gasteiger partial charge in [0.15, 0.2) is 0 Å². The van der Waals surface area contributed by atoms with Crippen molar-refractivity contribution in [3.8, 4) is 0 Å². The average molecular weight is 507 g/mol. The molecule has 2 aromatic rings. The van der Waals surface area contributed by atoms with Gasteiger partial charge in [0.05, 0.1) is 12.0 Å². The largest absolute Gasteiger partial charge is 0.377 e. The van der Waals surface area contributed by atoms with Gasteiger partial charge in [0, 0.05) is 26.1 Å². The Morgan fingerprint density at radius 2 is 1.75 bits per heavy atom. The van der Waals surface area contributed by atoms with E-state index in [4.69, 9.17) is 11.6 Å². The number of halogens is 2. The minimum Gasteiger partial charge on any atom is -0.377 e. The number of fused-ring (bicyclic) bond motifs is 1. The summed E-state index contributed by atoms with van der Waals surface area (Å²) >= 11 is 8.35. The van der Waals surface area contributed by atoms with E-state index in [2.05, 4.69) is 39.3 Å². The number of allylic oxidation sites excluding steroid dienone is 2. The van der Waals surface area contributed by atoms with Gasteiger partial charge in [-0.2, -0.15) is 0 Å². The van der Waals surface area contributed by atoms with Crippen molar-refractivity contribution in [3.63, 3.8) is 0 Å². The molecule has 4 nitrogen and oxygen atoms in total. The molecule has 144 valence electrons. The molecule has 2 amide bonds. The molecule has 2 N–H and O–H groups in total. The van der Waals surface area contributed by atoms with Crippen LogP contribution in [0.2, 0.25) is 5.02 Å². The lowest BCUT2D eigenvalue weighted by molar-refractivity contribution is -0.143. The van der Waals surface area contributed by atoms with Crippen LogP contribution in [0, 0.1) is 21.3 Å². The highest BCUT2D eigenvalue weighted by molar-refractivity contribution is 14.1. The standard InChI is InChI=1S/C22H20ClIN2O2/c23-14-7-5-13(6-8-14)20(25-16-11-9-15(24)10-12-16)19-17-3-1-2-4-18(17)21(27)26-22(19)28/h1,3,5-12,17-20,25H,2,4H2,(H,26,27,28)/t17-,18?,19+,20+/m0/s1. The summed E-state index contributed by atoms with van der Waals surface area (Å²) in [6, 6.07) is 15.3. The van der Waals surface area contributed by atoms with E-state index in [1.165, 1.54) is 0 Å². The topological polar surface area (TPSA) is 58.2 Å². The van der Waals surface area contributed by atoms with Crippen LogP contribution in [0.5, 0.6) is 0 Å². The first kappa shape index (κ1) is 19.5. The summed E-state index contributed by atoms with van der Waals surface area (Å²) in [7, 11) is 0. The second-order valence-corrected chi connectivity index (χ2v) is 8.93. The lowest BCUT2D eigenvalue weighted by atomic mass is 9.69. The van der Waals surface area contributed by atoms with Crippen LogP contribution < -0.4 is 10.6 Å². The van der Waals surface area contributed by atoms with Crippen LogP contribution in [0.4, 0.5) is 5.69 Å². The van der Waals surface area contributed by atoms with E-state index >= 15 is 0 Å². The summed E-state index contributed by atoms with van der Waals surface area (Å²) in [5, 5.41) is 6.79. The van der Waals surface area contributed by atoms with Gasteiger partial charge in [0.2, 0.25) is 11.8 Å². The Bertz CT molecular complexity index is 911. The fourth-order valence-electron chi connectivity index (χ4n) is 4.15. The number of hydrogen-bond acceptors (Lipinski definition) is 3. The van der Waals surface area contributed by atoms with Crippen LogP contribution in [0.1, 0.15) is 24.4 Å². The normalized spacial score (nSPS) is 25.0. The third kappa shape index (κ3) is 3.96. The third-order valence-electron chi connectivity index (χ3n) is 5.52. The van der Waals surface area contributed by atoms with Crippen LogP contribution in [-0.2, 0) is 9.59 Å². The lowest BCUT2D eigenvalue weighted by Crippen LogP contribution is -2.54. The lowest BCUT2D eigenvalue weighted by Gasteiger charge is -2.41. The highest BCUT2D eigenvalue weighted by Gasteiger charge is 2.46. The van der Waals surface area contributed by atoms with Crippen LogP contribution in [-0.4, -0.2) is 11.8 Å². The van der Waals surface area contributed by atoms with Gasteiger partial charge in [-0.1, -0.05) is 35.9 Å². The molecule has 1 heterocycles. The summed E-state index contributed by atoms with van der Waals surface area (Å²) in [5.41, 5.74) is 1.90. The second kappa shape index (κ2) is 8.25. The van der Waals surface area contributed by atoms with E-state index in [0.717, 1.165) is 27.7 Å². The van der Waals surface area contributed by atoms with E-state index in [1.807, 2.05) is 54.6 Å².